The lowest BCUT2D eigenvalue weighted by molar-refractivity contribution is -0.149. The summed E-state index contributed by atoms with van der Waals surface area (Å²) < 4.78 is 6.69. The van der Waals surface area contributed by atoms with Crippen molar-refractivity contribution in [1.82, 2.24) is 14.7 Å². The SMILES string of the molecule is COC(=O)C1(NC(=O)c2cn3ccccc3n2)CCCCC1. The van der Waals surface area contributed by atoms with Gasteiger partial charge in [-0.2, -0.15) is 0 Å². The van der Waals surface area contributed by atoms with Crippen LogP contribution in [0.5, 0.6) is 0 Å². The minimum absolute atomic E-state index is 0.306. The van der Waals surface area contributed by atoms with Crippen molar-refractivity contribution in [1.29, 1.82) is 0 Å². The number of aromatic nitrogens is 2. The first-order valence-electron chi connectivity index (χ1n) is 7.49. The van der Waals surface area contributed by atoms with E-state index in [4.69, 9.17) is 4.74 Å². The van der Waals surface area contributed by atoms with E-state index in [9.17, 15) is 9.59 Å². The number of hydrogen-bond donors (Lipinski definition) is 1. The molecule has 0 aromatic carbocycles. The molecule has 1 fully saturated rings. The minimum Gasteiger partial charge on any atom is -0.467 e. The van der Waals surface area contributed by atoms with Gasteiger partial charge in [-0.3, -0.25) is 4.79 Å². The summed E-state index contributed by atoms with van der Waals surface area (Å²) in [7, 11) is 1.36. The Labute approximate surface area is 128 Å². The Balaban J connectivity index is 1.85. The molecule has 0 atom stereocenters. The fourth-order valence-corrected chi connectivity index (χ4v) is 3.06. The summed E-state index contributed by atoms with van der Waals surface area (Å²) in [5, 5.41) is 2.87. The van der Waals surface area contributed by atoms with Crippen molar-refractivity contribution in [2.75, 3.05) is 7.11 Å². The van der Waals surface area contributed by atoms with Crippen LogP contribution >= 0.6 is 0 Å². The van der Waals surface area contributed by atoms with Gasteiger partial charge in [0.25, 0.3) is 5.91 Å². The zero-order chi connectivity index (χ0) is 15.6. The predicted molar refractivity (Wildman–Crippen MR) is 80.5 cm³/mol. The van der Waals surface area contributed by atoms with Crippen molar-refractivity contribution in [3.05, 3.63) is 36.3 Å². The zero-order valence-corrected chi connectivity index (χ0v) is 12.5. The average Bonchev–Trinajstić information content (AvgIpc) is 2.99. The average molecular weight is 301 g/mol. The lowest BCUT2D eigenvalue weighted by Gasteiger charge is -2.34. The third kappa shape index (κ3) is 2.56. The molecule has 0 unspecified atom stereocenters. The van der Waals surface area contributed by atoms with Crippen LogP contribution in [0.2, 0.25) is 0 Å². The number of esters is 1. The number of fused-ring (bicyclic) bond motifs is 1. The monoisotopic (exact) mass is 301 g/mol. The maximum atomic E-state index is 12.5. The Kier molecular flexibility index (Phi) is 3.83. The molecule has 0 bridgehead atoms. The fraction of sp³-hybridized carbons (Fsp3) is 0.438. The van der Waals surface area contributed by atoms with E-state index in [0.29, 0.717) is 24.2 Å². The molecule has 2 aromatic rings. The predicted octanol–water partition coefficient (Wildman–Crippen LogP) is 1.94. The van der Waals surface area contributed by atoms with Gasteiger partial charge in [-0.1, -0.05) is 25.3 Å². The van der Waals surface area contributed by atoms with E-state index >= 15 is 0 Å². The third-order valence-electron chi connectivity index (χ3n) is 4.23. The van der Waals surface area contributed by atoms with Crippen molar-refractivity contribution in [2.24, 2.45) is 0 Å². The van der Waals surface area contributed by atoms with Gasteiger partial charge in [-0.25, -0.2) is 9.78 Å². The van der Waals surface area contributed by atoms with E-state index in [1.807, 2.05) is 24.4 Å². The first-order chi connectivity index (χ1) is 10.6. The van der Waals surface area contributed by atoms with Crippen molar-refractivity contribution < 1.29 is 14.3 Å². The number of amides is 1. The van der Waals surface area contributed by atoms with E-state index in [1.54, 1.807) is 10.6 Å². The molecule has 1 aliphatic carbocycles. The summed E-state index contributed by atoms with van der Waals surface area (Å²) in [6, 6.07) is 5.56. The smallest absolute Gasteiger partial charge is 0.331 e. The number of hydrogen-bond acceptors (Lipinski definition) is 4. The quantitative estimate of drug-likeness (QED) is 0.879. The molecular formula is C16H19N3O3. The largest absolute Gasteiger partial charge is 0.467 e. The molecular weight excluding hydrogens is 282 g/mol. The summed E-state index contributed by atoms with van der Waals surface area (Å²) in [6.07, 6.45) is 7.59. The molecule has 1 saturated carbocycles. The highest BCUT2D eigenvalue weighted by atomic mass is 16.5. The van der Waals surface area contributed by atoms with Crippen LogP contribution in [0.1, 0.15) is 42.6 Å². The Hall–Kier alpha value is -2.37. The molecule has 0 radical (unpaired) electrons. The van der Waals surface area contributed by atoms with Crippen LogP contribution in [0.3, 0.4) is 0 Å². The molecule has 6 heteroatoms. The zero-order valence-electron chi connectivity index (χ0n) is 12.5. The Bertz CT molecular complexity index is 668. The molecule has 1 aliphatic rings. The number of carbonyl (C=O) groups is 2. The number of ether oxygens (including phenoxy) is 1. The van der Waals surface area contributed by atoms with Gasteiger partial charge < -0.3 is 14.5 Å². The molecule has 6 nitrogen and oxygen atoms in total. The van der Waals surface area contributed by atoms with E-state index in [-0.39, 0.29) is 11.9 Å². The normalized spacial score (nSPS) is 17.1. The summed E-state index contributed by atoms with van der Waals surface area (Å²) in [4.78, 5) is 29.0. The van der Waals surface area contributed by atoms with Gasteiger partial charge in [0.15, 0.2) is 0 Å². The highest BCUT2D eigenvalue weighted by Gasteiger charge is 2.42. The number of carbonyl (C=O) groups excluding carboxylic acids is 2. The third-order valence-corrected chi connectivity index (χ3v) is 4.23. The second-order valence-corrected chi connectivity index (χ2v) is 5.68. The molecule has 0 aliphatic heterocycles. The maximum Gasteiger partial charge on any atom is 0.331 e. The minimum atomic E-state index is -0.917. The lowest BCUT2D eigenvalue weighted by atomic mass is 9.81. The molecule has 0 spiro atoms. The second-order valence-electron chi connectivity index (χ2n) is 5.68. The van der Waals surface area contributed by atoms with Crippen LogP contribution in [0.25, 0.3) is 5.65 Å². The number of nitrogens with zero attached hydrogens (tertiary/aromatic N) is 2. The van der Waals surface area contributed by atoms with E-state index in [0.717, 1.165) is 19.3 Å². The molecule has 1 amide bonds. The van der Waals surface area contributed by atoms with Gasteiger partial charge in [0.2, 0.25) is 0 Å². The van der Waals surface area contributed by atoms with Crippen LogP contribution in [-0.4, -0.2) is 33.9 Å². The highest BCUT2D eigenvalue weighted by Crippen LogP contribution is 2.29. The Morgan fingerprint density at radius 2 is 2.05 bits per heavy atom. The van der Waals surface area contributed by atoms with Crippen molar-refractivity contribution >= 4 is 17.5 Å². The van der Waals surface area contributed by atoms with Crippen LogP contribution in [-0.2, 0) is 9.53 Å². The molecule has 0 saturated heterocycles. The van der Waals surface area contributed by atoms with Gasteiger partial charge in [-0.05, 0) is 25.0 Å². The first kappa shape index (κ1) is 14.6. The number of nitrogens with one attached hydrogen (secondary N) is 1. The number of imidazole rings is 1. The van der Waals surface area contributed by atoms with Gasteiger partial charge in [0, 0.05) is 12.4 Å². The van der Waals surface area contributed by atoms with Gasteiger partial charge in [-0.15, -0.1) is 0 Å². The number of methoxy groups -OCH3 is 1. The van der Waals surface area contributed by atoms with E-state index < -0.39 is 5.54 Å². The summed E-state index contributed by atoms with van der Waals surface area (Å²) >= 11 is 0. The Morgan fingerprint density at radius 3 is 2.73 bits per heavy atom. The van der Waals surface area contributed by atoms with Gasteiger partial charge in [0.1, 0.15) is 16.9 Å². The lowest BCUT2D eigenvalue weighted by Crippen LogP contribution is -2.56. The molecule has 3 rings (SSSR count). The van der Waals surface area contributed by atoms with Crippen LogP contribution in [0, 0.1) is 0 Å². The van der Waals surface area contributed by atoms with E-state index in [2.05, 4.69) is 10.3 Å². The number of rotatable bonds is 3. The van der Waals surface area contributed by atoms with Crippen LogP contribution in [0.15, 0.2) is 30.6 Å². The molecule has 2 heterocycles. The topological polar surface area (TPSA) is 72.7 Å². The van der Waals surface area contributed by atoms with Gasteiger partial charge in [0.05, 0.1) is 7.11 Å². The first-order valence-corrected chi connectivity index (χ1v) is 7.49. The Morgan fingerprint density at radius 1 is 1.27 bits per heavy atom. The van der Waals surface area contributed by atoms with Crippen molar-refractivity contribution in [3.8, 4) is 0 Å². The van der Waals surface area contributed by atoms with Crippen LogP contribution in [0.4, 0.5) is 0 Å². The highest BCUT2D eigenvalue weighted by molar-refractivity contribution is 5.97. The number of pyridine rings is 1. The summed E-state index contributed by atoms with van der Waals surface area (Å²) in [6.45, 7) is 0. The standard InChI is InChI=1S/C16H19N3O3/c1-22-15(21)16(8-4-2-5-9-16)18-14(20)12-11-19-10-6-3-7-13(19)17-12/h3,6-7,10-11H,2,4-5,8-9H2,1H3,(H,18,20). The molecule has 2 aromatic heterocycles. The molecule has 22 heavy (non-hydrogen) atoms. The molecule has 1 N–H and O–H groups in total. The summed E-state index contributed by atoms with van der Waals surface area (Å²) in [5.74, 6) is -0.708. The van der Waals surface area contributed by atoms with Crippen molar-refractivity contribution in [2.45, 2.75) is 37.6 Å². The fourth-order valence-electron chi connectivity index (χ4n) is 3.06. The van der Waals surface area contributed by atoms with Crippen LogP contribution < -0.4 is 5.32 Å². The van der Waals surface area contributed by atoms with Gasteiger partial charge >= 0.3 is 5.97 Å². The van der Waals surface area contributed by atoms with Crippen molar-refractivity contribution in [3.63, 3.8) is 0 Å². The maximum absolute atomic E-state index is 12.5. The molecule has 116 valence electrons. The second kappa shape index (κ2) is 5.79. The summed E-state index contributed by atoms with van der Waals surface area (Å²) in [5.41, 5.74) is 0.0864. The van der Waals surface area contributed by atoms with E-state index in [1.165, 1.54) is 7.11 Å².